The van der Waals surface area contributed by atoms with Gasteiger partial charge in [-0.15, -0.1) is 24.8 Å². The second kappa shape index (κ2) is 11.9. The van der Waals surface area contributed by atoms with Crippen molar-refractivity contribution in [2.45, 2.75) is 32.0 Å². The highest BCUT2D eigenvalue weighted by molar-refractivity contribution is 7.99. The molecule has 0 aliphatic rings. The Bertz CT molecular complexity index is 603. The van der Waals surface area contributed by atoms with Gasteiger partial charge in [0.05, 0.1) is 0 Å². The van der Waals surface area contributed by atoms with Gasteiger partial charge < -0.3 is 5.32 Å². The molecule has 0 radical (unpaired) electrons. The van der Waals surface area contributed by atoms with Crippen LogP contribution in [0.2, 0.25) is 5.02 Å². The zero-order valence-corrected chi connectivity index (χ0v) is 16.7. The Kier molecular flexibility index (Phi) is 11.6. The van der Waals surface area contributed by atoms with Gasteiger partial charge in [0.1, 0.15) is 5.82 Å². The number of hydrogen-bond acceptors (Lipinski definition) is 4. The summed E-state index contributed by atoms with van der Waals surface area (Å²) in [5, 5.41) is 4.49. The van der Waals surface area contributed by atoms with E-state index in [4.69, 9.17) is 11.6 Å². The van der Waals surface area contributed by atoms with Gasteiger partial charge in [0, 0.05) is 34.3 Å². The maximum Gasteiger partial charge on any atom is 0.187 e. The largest absolute Gasteiger partial charge is 0.312 e. The van der Waals surface area contributed by atoms with Crippen molar-refractivity contribution < 1.29 is 4.39 Å². The summed E-state index contributed by atoms with van der Waals surface area (Å²) in [4.78, 5) is 8.77. The molecule has 0 atom stereocenters. The van der Waals surface area contributed by atoms with Crippen molar-refractivity contribution in [2.75, 3.05) is 12.3 Å². The van der Waals surface area contributed by atoms with Crippen molar-refractivity contribution in [3.8, 4) is 0 Å². The van der Waals surface area contributed by atoms with Crippen LogP contribution in [-0.2, 0) is 6.54 Å². The van der Waals surface area contributed by atoms with Gasteiger partial charge in [-0.2, -0.15) is 0 Å². The molecule has 0 unspecified atom stereocenters. The quantitative estimate of drug-likeness (QED) is 0.394. The van der Waals surface area contributed by atoms with Gasteiger partial charge >= 0.3 is 0 Å². The Hall–Kier alpha value is -0.590. The van der Waals surface area contributed by atoms with E-state index in [9.17, 15) is 4.39 Å². The molecule has 0 fully saturated rings. The number of rotatable bonds is 7. The third-order valence-corrected chi connectivity index (χ3v) is 4.34. The van der Waals surface area contributed by atoms with Gasteiger partial charge in [-0.3, -0.25) is 0 Å². The maximum absolute atomic E-state index is 13.6. The molecule has 0 saturated heterocycles. The van der Waals surface area contributed by atoms with Crippen LogP contribution >= 0.6 is 48.2 Å². The zero-order chi connectivity index (χ0) is 15.9. The van der Waals surface area contributed by atoms with E-state index in [0.29, 0.717) is 17.1 Å². The fourth-order valence-corrected chi connectivity index (χ4v) is 3.15. The number of thioether (sulfide) groups is 1. The first-order valence-electron chi connectivity index (χ1n) is 7.15. The minimum atomic E-state index is -0.266. The molecule has 24 heavy (non-hydrogen) atoms. The molecule has 1 N–H and O–H groups in total. The van der Waals surface area contributed by atoms with Crippen LogP contribution in [0.1, 0.15) is 23.4 Å². The second-order valence-electron chi connectivity index (χ2n) is 5.01. The number of benzene rings is 1. The Morgan fingerprint density at radius 3 is 2.46 bits per heavy atom. The standard InChI is InChI=1S/C16H19ClFN3S.2ClH/c1-11-9-12(2)21-16(20-11)22-8-4-7-19-10-13-14(17)5-3-6-15(13)18;;/h3,5-6,9,19H,4,7-8,10H2,1-2H3;2*1H. The van der Waals surface area contributed by atoms with Crippen molar-refractivity contribution >= 4 is 48.2 Å². The smallest absolute Gasteiger partial charge is 0.187 e. The summed E-state index contributed by atoms with van der Waals surface area (Å²) in [6.07, 6.45) is 0.951. The summed E-state index contributed by atoms with van der Waals surface area (Å²) < 4.78 is 13.6. The van der Waals surface area contributed by atoms with E-state index in [2.05, 4.69) is 15.3 Å². The number of hydrogen-bond donors (Lipinski definition) is 1. The lowest BCUT2D eigenvalue weighted by Crippen LogP contribution is -2.16. The van der Waals surface area contributed by atoms with Crippen molar-refractivity contribution in [2.24, 2.45) is 0 Å². The fourth-order valence-electron chi connectivity index (χ4n) is 2.03. The number of halogens is 4. The van der Waals surface area contributed by atoms with Gasteiger partial charge in [0.2, 0.25) is 0 Å². The fraction of sp³-hybridized carbons (Fsp3) is 0.375. The third-order valence-electron chi connectivity index (χ3n) is 3.05. The summed E-state index contributed by atoms with van der Waals surface area (Å²) in [5.41, 5.74) is 2.50. The van der Waals surface area contributed by atoms with Crippen molar-refractivity contribution in [1.82, 2.24) is 15.3 Å². The summed E-state index contributed by atoms with van der Waals surface area (Å²) in [6.45, 7) is 5.18. The van der Waals surface area contributed by atoms with E-state index in [1.165, 1.54) is 6.07 Å². The van der Waals surface area contributed by atoms with E-state index in [-0.39, 0.29) is 30.6 Å². The molecule has 0 spiro atoms. The highest BCUT2D eigenvalue weighted by atomic mass is 35.5. The van der Waals surface area contributed by atoms with Gasteiger partial charge in [0.25, 0.3) is 0 Å². The van der Waals surface area contributed by atoms with Crippen molar-refractivity contribution in [3.63, 3.8) is 0 Å². The molecule has 0 bridgehead atoms. The highest BCUT2D eigenvalue weighted by Gasteiger charge is 2.06. The number of aryl methyl sites for hydroxylation is 2. The van der Waals surface area contributed by atoms with Crippen LogP contribution in [0.5, 0.6) is 0 Å². The Morgan fingerprint density at radius 1 is 1.17 bits per heavy atom. The van der Waals surface area contributed by atoms with Gasteiger partial charge in [-0.25, -0.2) is 14.4 Å². The van der Waals surface area contributed by atoms with E-state index < -0.39 is 0 Å². The molecule has 0 aliphatic heterocycles. The minimum absolute atomic E-state index is 0. The van der Waals surface area contributed by atoms with E-state index in [1.807, 2.05) is 19.9 Å². The van der Waals surface area contributed by atoms with Crippen LogP contribution in [0.15, 0.2) is 29.4 Å². The monoisotopic (exact) mass is 411 g/mol. The first-order valence-corrected chi connectivity index (χ1v) is 8.51. The second-order valence-corrected chi connectivity index (χ2v) is 6.48. The molecule has 3 nitrogen and oxygen atoms in total. The first kappa shape index (κ1) is 23.4. The van der Waals surface area contributed by atoms with Crippen molar-refractivity contribution in [1.29, 1.82) is 0 Å². The van der Waals surface area contributed by atoms with Crippen LogP contribution in [0.3, 0.4) is 0 Å². The van der Waals surface area contributed by atoms with Crippen LogP contribution in [0, 0.1) is 19.7 Å². The molecule has 0 saturated carbocycles. The lowest BCUT2D eigenvalue weighted by molar-refractivity contribution is 0.587. The average molecular weight is 413 g/mol. The molecular weight excluding hydrogens is 392 g/mol. The minimum Gasteiger partial charge on any atom is -0.312 e. The molecule has 1 aromatic heterocycles. The molecule has 2 aromatic rings. The summed E-state index contributed by atoms with van der Waals surface area (Å²) in [5.74, 6) is 0.652. The van der Waals surface area contributed by atoms with E-state index >= 15 is 0 Å². The third kappa shape index (κ3) is 7.53. The zero-order valence-electron chi connectivity index (χ0n) is 13.5. The van der Waals surface area contributed by atoms with Crippen LogP contribution in [0.4, 0.5) is 4.39 Å². The number of aromatic nitrogens is 2. The molecule has 2 rings (SSSR count). The molecule has 1 heterocycles. The summed E-state index contributed by atoms with van der Waals surface area (Å²) >= 11 is 7.62. The molecule has 0 aliphatic carbocycles. The van der Waals surface area contributed by atoms with Crippen LogP contribution < -0.4 is 5.32 Å². The highest BCUT2D eigenvalue weighted by Crippen LogP contribution is 2.18. The number of nitrogens with zero attached hydrogens (tertiary/aromatic N) is 2. The molecule has 1 aromatic carbocycles. The van der Waals surface area contributed by atoms with Gasteiger partial charge in [-0.05, 0) is 45.0 Å². The van der Waals surface area contributed by atoms with Gasteiger partial charge in [-0.1, -0.05) is 29.4 Å². The van der Waals surface area contributed by atoms with Crippen LogP contribution in [-0.4, -0.2) is 22.3 Å². The SMILES string of the molecule is Cc1cc(C)nc(SCCCNCc2c(F)cccc2Cl)n1.Cl.Cl. The lowest BCUT2D eigenvalue weighted by Gasteiger charge is -2.08. The summed E-state index contributed by atoms with van der Waals surface area (Å²) in [6, 6.07) is 6.70. The molecule has 134 valence electrons. The van der Waals surface area contributed by atoms with Crippen LogP contribution in [0.25, 0.3) is 0 Å². The molecule has 0 amide bonds. The average Bonchev–Trinajstić information content (AvgIpc) is 2.44. The predicted octanol–water partition coefficient (Wildman–Crippen LogP) is 5.00. The van der Waals surface area contributed by atoms with E-state index in [1.54, 1.807) is 23.9 Å². The normalized spacial score (nSPS) is 10.0. The predicted molar refractivity (Wildman–Crippen MR) is 104 cm³/mol. The Morgan fingerprint density at radius 2 is 1.83 bits per heavy atom. The topological polar surface area (TPSA) is 37.8 Å². The Balaban J connectivity index is 0.00000264. The summed E-state index contributed by atoms with van der Waals surface area (Å²) in [7, 11) is 0. The first-order chi connectivity index (χ1) is 10.6. The lowest BCUT2D eigenvalue weighted by atomic mass is 10.2. The maximum atomic E-state index is 13.6. The Labute approximate surface area is 164 Å². The number of nitrogens with one attached hydrogen (secondary N) is 1. The molecular formula is C16H21Cl3FN3S. The van der Waals surface area contributed by atoms with E-state index in [0.717, 1.165) is 35.3 Å². The van der Waals surface area contributed by atoms with Crippen molar-refractivity contribution in [3.05, 3.63) is 52.1 Å². The van der Waals surface area contributed by atoms with Gasteiger partial charge in [0.15, 0.2) is 5.16 Å². The molecule has 8 heteroatoms.